The van der Waals surface area contributed by atoms with E-state index in [0.717, 1.165) is 49.4 Å². The molecular formula is C22H25NO3. The Morgan fingerprint density at radius 2 is 2.15 bits per heavy atom. The molecule has 26 heavy (non-hydrogen) atoms. The Hall–Kier alpha value is -1.52. The van der Waals surface area contributed by atoms with E-state index in [1.807, 2.05) is 0 Å². The standard InChI is InChI=1S/C22H25NO3/c1-11-6-7-21(25)19-14-8-13-4-5-16(24)18-17(13)22(21,20(11)26-18)15(14)10-23(19)9-12-2-3-12/h4-5,12,14-15,19-20,24-25H,1-3,6-10H2/t14?,15?,19-,20+,21-,22?/m1/s1. The molecule has 4 heteroatoms. The van der Waals surface area contributed by atoms with Crippen LogP contribution in [0.4, 0.5) is 0 Å². The fraction of sp³-hybridized carbons (Fsp3) is 0.636. The third kappa shape index (κ3) is 1.30. The van der Waals surface area contributed by atoms with E-state index >= 15 is 0 Å². The van der Waals surface area contributed by atoms with Gasteiger partial charge in [0.15, 0.2) is 11.5 Å². The Labute approximate surface area is 153 Å². The van der Waals surface area contributed by atoms with Crippen molar-refractivity contribution in [2.45, 2.75) is 55.3 Å². The summed E-state index contributed by atoms with van der Waals surface area (Å²) in [6.45, 7) is 6.55. The predicted molar refractivity (Wildman–Crippen MR) is 96.3 cm³/mol. The van der Waals surface area contributed by atoms with Crippen molar-refractivity contribution in [2.24, 2.45) is 17.8 Å². The van der Waals surface area contributed by atoms with Crippen LogP contribution in [-0.4, -0.2) is 45.9 Å². The number of hydrogen-bond acceptors (Lipinski definition) is 4. The van der Waals surface area contributed by atoms with Gasteiger partial charge in [0, 0.05) is 24.7 Å². The molecule has 7 rings (SSSR count). The number of nitrogens with zero attached hydrogens (tertiary/aromatic N) is 1. The highest BCUT2D eigenvalue weighted by Crippen LogP contribution is 2.74. The van der Waals surface area contributed by atoms with Crippen LogP contribution < -0.4 is 4.74 Å². The van der Waals surface area contributed by atoms with Crippen molar-refractivity contribution in [3.8, 4) is 11.5 Å². The fourth-order valence-electron chi connectivity index (χ4n) is 7.79. The van der Waals surface area contributed by atoms with Crippen LogP contribution in [0.2, 0.25) is 0 Å². The number of ether oxygens (including phenoxy) is 1. The summed E-state index contributed by atoms with van der Waals surface area (Å²) in [6, 6.07) is 4.08. The number of benzene rings is 1. The molecule has 1 aromatic carbocycles. The van der Waals surface area contributed by atoms with Crippen molar-refractivity contribution in [3.63, 3.8) is 0 Å². The molecule has 2 heterocycles. The lowest BCUT2D eigenvalue weighted by Gasteiger charge is -2.56. The minimum atomic E-state index is -0.758. The summed E-state index contributed by atoms with van der Waals surface area (Å²) >= 11 is 0. The van der Waals surface area contributed by atoms with Crippen LogP contribution >= 0.6 is 0 Å². The Kier molecular flexibility index (Phi) is 2.32. The van der Waals surface area contributed by atoms with Crippen LogP contribution in [0.15, 0.2) is 24.3 Å². The van der Waals surface area contributed by atoms with Gasteiger partial charge in [-0.1, -0.05) is 12.6 Å². The van der Waals surface area contributed by atoms with Gasteiger partial charge in [-0.15, -0.1) is 0 Å². The first-order valence-electron chi connectivity index (χ1n) is 10.2. The van der Waals surface area contributed by atoms with Crippen LogP contribution in [0, 0.1) is 17.8 Å². The van der Waals surface area contributed by atoms with Gasteiger partial charge in [-0.05, 0) is 67.1 Å². The lowest BCUT2D eigenvalue weighted by atomic mass is 9.52. The van der Waals surface area contributed by atoms with E-state index in [0.29, 0.717) is 17.6 Å². The SMILES string of the molecule is C=C1CC[C@@]2(O)[C@H]3C4Cc5ccc(O)c6c5C2(C4CN3CC2CC2)[C@H]1O6. The number of phenols is 1. The van der Waals surface area contributed by atoms with Gasteiger partial charge in [-0.2, -0.15) is 0 Å². The summed E-state index contributed by atoms with van der Waals surface area (Å²) in [4.78, 5) is 2.62. The zero-order valence-electron chi connectivity index (χ0n) is 14.9. The third-order valence-electron chi connectivity index (χ3n) is 8.67. The number of aliphatic hydroxyl groups is 1. The molecule has 1 aromatic rings. The van der Waals surface area contributed by atoms with Crippen molar-refractivity contribution in [1.82, 2.24) is 4.90 Å². The summed E-state index contributed by atoms with van der Waals surface area (Å²) in [6.07, 6.45) is 5.13. The Bertz CT molecular complexity index is 876. The Balaban J connectivity index is 1.49. The molecule has 4 bridgehead atoms. The van der Waals surface area contributed by atoms with Gasteiger partial charge in [-0.25, -0.2) is 0 Å². The summed E-state index contributed by atoms with van der Waals surface area (Å²) in [5, 5.41) is 22.8. The zero-order chi connectivity index (χ0) is 17.4. The minimum absolute atomic E-state index is 0.177. The number of hydrogen-bond donors (Lipinski definition) is 2. The monoisotopic (exact) mass is 351 g/mol. The second kappa shape index (κ2) is 4.15. The zero-order valence-corrected chi connectivity index (χ0v) is 14.9. The minimum Gasteiger partial charge on any atom is -0.504 e. The van der Waals surface area contributed by atoms with E-state index in [1.165, 1.54) is 18.4 Å². The average Bonchev–Trinajstić information content (AvgIpc) is 3.19. The van der Waals surface area contributed by atoms with E-state index in [4.69, 9.17) is 4.74 Å². The van der Waals surface area contributed by atoms with Gasteiger partial charge in [0.05, 0.1) is 11.0 Å². The van der Waals surface area contributed by atoms with E-state index in [2.05, 4.69) is 17.5 Å². The van der Waals surface area contributed by atoms with E-state index < -0.39 is 5.60 Å². The van der Waals surface area contributed by atoms with Gasteiger partial charge in [0.2, 0.25) is 0 Å². The van der Waals surface area contributed by atoms with Gasteiger partial charge < -0.3 is 14.9 Å². The first-order chi connectivity index (χ1) is 12.6. The van der Waals surface area contributed by atoms with Gasteiger partial charge in [0.25, 0.3) is 0 Å². The van der Waals surface area contributed by atoms with Crippen LogP contribution in [0.25, 0.3) is 0 Å². The molecule has 4 aliphatic carbocycles. The molecule has 4 fully saturated rings. The van der Waals surface area contributed by atoms with Crippen LogP contribution in [0.3, 0.4) is 0 Å². The van der Waals surface area contributed by atoms with Gasteiger partial charge >= 0.3 is 0 Å². The Morgan fingerprint density at radius 1 is 1.31 bits per heavy atom. The molecule has 1 spiro atoms. The molecular weight excluding hydrogens is 326 g/mol. The number of likely N-dealkylation sites (tertiary alicyclic amines) is 1. The normalized spacial score (nSPS) is 47.2. The van der Waals surface area contributed by atoms with Gasteiger partial charge in [-0.3, -0.25) is 4.90 Å². The van der Waals surface area contributed by atoms with E-state index in [1.54, 1.807) is 6.07 Å². The smallest absolute Gasteiger partial charge is 0.166 e. The Morgan fingerprint density at radius 3 is 2.96 bits per heavy atom. The van der Waals surface area contributed by atoms with Crippen molar-refractivity contribution >= 4 is 0 Å². The largest absolute Gasteiger partial charge is 0.504 e. The molecule has 0 aromatic heterocycles. The molecule has 6 aliphatic rings. The molecule has 0 radical (unpaired) electrons. The summed E-state index contributed by atoms with van der Waals surface area (Å²) in [5.74, 6) is 2.60. The summed E-state index contributed by atoms with van der Waals surface area (Å²) in [5.41, 5.74) is 2.36. The summed E-state index contributed by atoms with van der Waals surface area (Å²) < 4.78 is 6.38. The first kappa shape index (κ1) is 14.5. The summed E-state index contributed by atoms with van der Waals surface area (Å²) in [7, 11) is 0. The molecule has 6 atom stereocenters. The number of fused-ring (bicyclic) bond motifs is 1. The van der Waals surface area contributed by atoms with Crippen molar-refractivity contribution in [1.29, 1.82) is 0 Å². The third-order valence-corrected chi connectivity index (χ3v) is 8.67. The number of aromatic hydroxyl groups is 1. The second-order valence-electron chi connectivity index (χ2n) is 9.71. The van der Waals surface area contributed by atoms with Crippen LogP contribution in [0.1, 0.15) is 36.8 Å². The molecule has 2 N–H and O–H groups in total. The molecule has 1 saturated heterocycles. The molecule has 3 saturated carbocycles. The maximum Gasteiger partial charge on any atom is 0.166 e. The lowest BCUT2D eigenvalue weighted by Crippen LogP contribution is -2.69. The molecule has 4 nitrogen and oxygen atoms in total. The quantitative estimate of drug-likeness (QED) is 0.804. The second-order valence-corrected chi connectivity index (χ2v) is 9.71. The first-order valence-corrected chi connectivity index (χ1v) is 10.2. The average molecular weight is 351 g/mol. The number of rotatable bonds is 2. The molecule has 2 aliphatic heterocycles. The molecule has 0 amide bonds. The number of piperidine rings is 1. The molecule has 136 valence electrons. The van der Waals surface area contributed by atoms with Crippen LogP contribution in [0.5, 0.6) is 11.5 Å². The lowest BCUT2D eigenvalue weighted by molar-refractivity contribution is -0.139. The maximum atomic E-state index is 12.3. The van der Waals surface area contributed by atoms with Crippen molar-refractivity contribution in [3.05, 3.63) is 35.4 Å². The van der Waals surface area contributed by atoms with E-state index in [-0.39, 0.29) is 23.3 Å². The van der Waals surface area contributed by atoms with Crippen molar-refractivity contribution in [2.75, 3.05) is 13.1 Å². The predicted octanol–water partition coefficient (Wildman–Crippen LogP) is 2.37. The maximum absolute atomic E-state index is 12.3. The fourth-order valence-corrected chi connectivity index (χ4v) is 7.79. The highest BCUT2D eigenvalue weighted by molar-refractivity contribution is 5.65. The van der Waals surface area contributed by atoms with Crippen LogP contribution in [-0.2, 0) is 11.8 Å². The van der Waals surface area contributed by atoms with E-state index in [9.17, 15) is 10.2 Å². The molecule has 3 unspecified atom stereocenters. The van der Waals surface area contributed by atoms with Crippen molar-refractivity contribution < 1.29 is 14.9 Å². The van der Waals surface area contributed by atoms with Gasteiger partial charge in [0.1, 0.15) is 6.10 Å². The number of phenolic OH excluding ortho intramolecular Hbond substituents is 1. The highest BCUT2D eigenvalue weighted by atomic mass is 16.5. The topological polar surface area (TPSA) is 52.9 Å². The highest BCUT2D eigenvalue weighted by Gasteiger charge is 2.82.